The van der Waals surface area contributed by atoms with Gasteiger partial charge in [-0.1, -0.05) is 11.1 Å². The molecule has 0 aromatic rings. The molecule has 0 amide bonds. The van der Waals surface area contributed by atoms with Crippen LogP contribution in [0.15, 0.2) is 11.1 Å². The Bertz CT molecular complexity index is 133. The molecule has 72 valence electrons. The van der Waals surface area contributed by atoms with Gasteiger partial charge in [0.1, 0.15) is 0 Å². The van der Waals surface area contributed by atoms with E-state index in [-0.39, 0.29) is 19.8 Å². The first-order chi connectivity index (χ1) is 5.76. The normalized spacial score (nSPS) is 10.0. The lowest BCUT2D eigenvalue weighted by Crippen LogP contribution is -1.98. The molecule has 0 aliphatic carbocycles. The maximum Gasteiger partial charge on any atom is 0.0468 e. The lowest BCUT2D eigenvalue weighted by Gasteiger charge is -2.08. The van der Waals surface area contributed by atoms with Gasteiger partial charge >= 0.3 is 0 Å². The van der Waals surface area contributed by atoms with Crippen molar-refractivity contribution in [3.8, 4) is 0 Å². The third-order valence-electron chi connectivity index (χ3n) is 1.92. The number of aliphatic hydroxyl groups excluding tert-OH is 3. The van der Waals surface area contributed by atoms with Crippen molar-refractivity contribution < 1.29 is 15.3 Å². The highest BCUT2D eigenvalue weighted by Crippen LogP contribution is 2.14. The summed E-state index contributed by atoms with van der Waals surface area (Å²) in [7, 11) is 0. The van der Waals surface area contributed by atoms with Gasteiger partial charge in [-0.25, -0.2) is 0 Å². The first kappa shape index (κ1) is 11.6. The molecule has 0 bridgehead atoms. The van der Waals surface area contributed by atoms with E-state index in [1.54, 1.807) is 0 Å². The Hall–Kier alpha value is -0.380. The van der Waals surface area contributed by atoms with Gasteiger partial charge in [-0.3, -0.25) is 0 Å². The molecule has 0 aliphatic rings. The van der Waals surface area contributed by atoms with Gasteiger partial charge in [-0.2, -0.15) is 0 Å². The lowest BCUT2D eigenvalue weighted by atomic mass is 10.0. The molecule has 3 heteroatoms. The Balaban J connectivity index is 4.11. The topological polar surface area (TPSA) is 60.7 Å². The van der Waals surface area contributed by atoms with E-state index in [0.717, 1.165) is 11.1 Å². The molecule has 0 heterocycles. The van der Waals surface area contributed by atoms with Crippen LogP contribution in [0.25, 0.3) is 0 Å². The predicted octanol–water partition coefficient (Wildman–Crippen LogP) is 0.450. The van der Waals surface area contributed by atoms with Gasteiger partial charge in [0.2, 0.25) is 0 Å². The molecule has 0 saturated heterocycles. The van der Waals surface area contributed by atoms with Crippen molar-refractivity contribution in [2.75, 3.05) is 19.8 Å². The second-order valence-corrected chi connectivity index (χ2v) is 2.80. The smallest absolute Gasteiger partial charge is 0.0468 e. The molecule has 0 spiro atoms. The Morgan fingerprint density at radius 3 is 1.58 bits per heavy atom. The summed E-state index contributed by atoms with van der Waals surface area (Å²) in [4.78, 5) is 0. The summed E-state index contributed by atoms with van der Waals surface area (Å²) in [6.45, 7) is 2.28. The SMILES string of the molecule is CC(CCO)=C(CCO)CCO. The van der Waals surface area contributed by atoms with Crippen LogP contribution in [0.3, 0.4) is 0 Å². The number of hydrogen-bond acceptors (Lipinski definition) is 3. The highest BCUT2D eigenvalue weighted by Gasteiger charge is 2.01. The standard InChI is InChI=1S/C9H18O3/c1-8(2-5-10)9(3-6-11)4-7-12/h10-12H,2-7H2,1H3. The highest BCUT2D eigenvalue weighted by atomic mass is 16.3. The van der Waals surface area contributed by atoms with Gasteiger partial charge in [0, 0.05) is 19.8 Å². The molecular weight excluding hydrogens is 156 g/mol. The zero-order valence-electron chi connectivity index (χ0n) is 7.58. The van der Waals surface area contributed by atoms with Crippen LogP contribution in [0, 0.1) is 0 Å². The summed E-state index contributed by atoms with van der Waals surface area (Å²) in [6, 6.07) is 0. The van der Waals surface area contributed by atoms with Gasteiger partial charge in [0.15, 0.2) is 0 Å². The molecule has 0 unspecified atom stereocenters. The summed E-state index contributed by atoms with van der Waals surface area (Å²) in [5, 5.41) is 26.1. The van der Waals surface area contributed by atoms with Crippen molar-refractivity contribution in [3.05, 3.63) is 11.1 Å². The first-order valence-electron chi connectivity index (χ1n) is 4.26. The molecule has 0 atom stereocenters. The molecule has 3 N–H and O–H groups in total. The van der Waals surface area contributed by atoms with Crippen LogP contribution in [0.2, 0.25) is 0 Å². The Kier molecular flexibility index (Phi) is 7.05. The molecule has 3 nitrogen and oxygen atoms in total. The maximum absolute atomic E-state index is 8.70. The minimum atomic E-state index is 0.109. The van der Waals surface area contributed by atoms with E-state index in [9.17, 15) is 0 Å². The molecular formula is C9H18O3. The van der Waals surface area contributed by atoms with E-state index in [2.05, 4.69) is 0 Å². The van der Waals surface area contributed by atoms with Crippen LogP contribution in [0.5, 0.6) is 0 Å². The van der Waals surface area contributed by atoms with E-state index >= 15 is 0 Å². The van der Waals surface area contributed by atoms with Crippen LogP contribution < -0.4 is 0 Å². The second kappa shape index (κ2) is 7.28. The van der Waals surface area contributed by atoms with Gasteiger partial charge in [-0.05, 0) is 26.2 Å². The molecule has 0 aromatic carbocycles. The average Bonchev–Trinajstić information content (AvgIpc) is 2.04. The van der Waals surface area contributed by atoms with E-state index in [0.29, 0.717) is 19.3 Å². The van der Waals surface area contributed by atoms with Crippen LogP contribution in [-0.4, -0.2) is 35.1 Å². The summed E-state index contributed by atoms with van der Waals surface area (Å²) < 4.78 is 0. The zero-order chi connectivity index (χ0) is 9.40. The van der Waals surface area contributed by atoms with Crippen LogP contribution in [0.4, 0.5) is 0 Å². The Labute approximate surface area is 73.4 Å². The fourth-order valence-corrected chi connectivity index (χ4v) is 1.17. The van der Waals surface area contributed by atoms with E-state index in [4.69, 9.17) is 15.3 Å². The third kappa shape index (κ3) is 4.49. The highest BCUT2D eigenvalue weighted by molar-refractivity contribution is 5.12. The van der Waals surface area contributed by atoms with Crippen molar-refractivity contribution in [1.82, 2.24) is 0 Å². The molecule has 0 fully saturated rings. The zero-order valence-corrected chi connectivity index (χ0v) is 7.58. The molecule has 0 aromatic heterocycles. The van der Waals surface area contributed by atoms with Gasteiger partial charge < -0.3 is 15.3 Å². The van der Waals surface area contributed by atoms with Crippen molar-refractivity contribution >= 4 is 0 Å². The van der Waals surface area contributed by atoms with E-state index in [1.807, 2.05) is 6.92 Å². The maximum atomic E-state index is 8.70. The van der Waals surface area contributed by atoms with E-state index < -0.39 is 0 Å². The third-order valence-corrected chi connectivity index (χ3v) is 1.92. The van der Waals surface area contributed by atoms with Gasteiger partial charge in [-0.15, -0.1) is 0 Å². The molecule has 12 heavy (non-hydrogen) atoms. The van der Waals surface area contributed by atoms with Crippen LogP contribution in [0.1, 0.15) is 26.2 Å². The fourth-order valence-electron chi connectivity index (χ4n) is 1.17. The van der Waals surface area contributed by atoms with Crippen molar-refractivity contribution in [2.45, 2.75) is 26.2 Å². The molecule has 0 radical (unpaired) electrons. The summed E-state index contributed by atoms with van der Waals surface area (Å²) in [5.74, 6) is 0. The Morgan fingerprint density at radius 1 is 0.833 bits per heavy atom. The van der Waals surface area contributed by atoms with Crippen LogP contribution >= 0.6 is 0 Å². The summed E-state index contributed by atoms with van der Waals surface area (Å²) >= 11 is 0. The van der Waals surface area contributed by atoms with Gasteiger partial charge in [0.05, 0.1) is 0 Å². The van der Waals surface area contributed by atoms with Crippen molar-refractivity contribution in [1.29, 1.82) is 0 Å². The largest absolute Gasteiger partial charge is 0.396 e. The van der Waals surface area contributed by atoms with Crippen molar-refractivity contribution in [2.24, 2.45) is 0 Å². The lowest BCUT2D eigenvalue weighted by molar-refractivity contribution is 0.276. The summed E-state index contributed by atoms with van der Waals surface area (Å²) in [5.41, 5.74) is 2.15. The Morgan fingerprint density at radius 2 is 1.25 bits per heavy atom. The predicted molar refractivity (Wildman–Crippen MR) is 47.8 cm³/mol. The van der Waals surface area contributed by atoms with Crippen LogP contribution in [-0.2, 0) is 0 Å². The minimum Gasteiger partial charge on any atom is -0.396 e. The quantitative estimate of drug-likeness (QED) is 0.512. The summed E-state index contributed by atoms with van der Waals surface area (Å²) in [6.07, 6.45) is 1.84. The second-order valence-electron chi connectivity index (χ2n) is 2.80. The molecule has 0 aliphatic heterocycles. The first-order valence-corrected chi connectivity index (χ1v) is 4.26. The average molecular weight is 174 g/mol. The van der Waals surface area contributed by atoms with E-state index in [1.165, 1.54) is 0 Å². The monoisotopic (exact) mass is 174 g/mol. The number of aliphatic hydroxyl groups is 3. The molecule has 0 saturated carbocycles. The minimum absolute atomic E-state index is 0.109. The number of rotatable bonds is 6. The van der Waals surface area contributed by atoms with Crippen molar-refractivity contribution in [3.63, 3.8) is 0 Å². The fraction of sp³-hybridized carbons (Fsp3) is 0.778. The van der Waals surface area contributed by atoms with Gasteiger partial charge in [0.25, 0.3) is 0 Å². The molecule has 0 rings (SSSR count). The number of hydrogen-bond donors (Lipinski definition) is 3.